The predicted molar refractivity (Wildman–Crippen MR) is 133 cm³/mol. The molecule has 9 nitrogen and oxygen atoms in total. The maximum Gasteiger partial charge on any atom is 0.411 e. The van der Waals surface area contributed by atoms with Crippen molar-refractivity contribution in [1.29, 1.82) is 0 Å². The number of amides is 4. The number of likely N-dealkylation sites (tertiary alicyclic amines) is 2. The molecule has 1 aliphatic carbocycles. The lowest BCUT2D eigenvalue weighted by Gasteiger charge is -2.43. The molecule has 0 aromatic rings. The lowest BCUT2D eigenvalue weighted by molar-refractivity contribution is -0.146. The predicted octanol–water partition coefficient (Wildman–Crippen LogP) is 2.19. The number of carbonyl (C=O) groups excluding carboxylic acids is 4. The van der Waals surface area contributed by atoms with Crippen molar-refractivity contribution < 1.29 is 23.9 Å². The van der Waals surface area contributed by atoms with Crippen LogP contribution in [-0.2, 0) is 19.1 Å². The van der Waals surface area contributed by atoms with Crippen molar-refractivity contribution in [3.8, 4) is 12.3 Å². The van der Waals surface area contributed by atoms with Crippen LogP contribution in [0.5, 0.6) is 0 Å². The lowest BCUT2D eigenvalue weighted by atomic mass is 9.85. The van der Waals surface area contributed by atoms with Gasteiger partial charge in [-0.05, 0) is 71.6 Å². The van der Waals surface area contributed by atoms with Gasteiger partial charge in [-0.15, -0.1) is 6.42 Å². The fraction of sp³-hybridized carbons (Fsp3) is 0.778. The molecule has 3 saturated heterocycles. The van der Waals surface area contributed by atoms with E-state index in [-0.39, 0.29) is 23.6 Å². The number of hydrogen-bond donors (Lipinski definition) is 2. The van der Waals surface area contributed by atoms with Crippen molar-refractivity contribution >= 4 is 23.8 Å². The molecule has 0 bridgehead atoms. The van der Waals surface area contributed by atoms with Crippen LogP contribution in [0.1, 0.15) is 78.6 Å². The quantitative estimate of drug-likeness (QED) is 0.521. The number of piperidine rings is 1. The molecule has 0 aromatic heterocycles. The molecule has 3 heterocycles. The van der Waals surface area contributed by atoms with Crippen LogP contribution in [0.15, 0.2) is 0 Å². The molecule has 1 saturated carbocycles. The molecule has 0 aromatic carbocycles. The van der Waals surface area contributed by atoms with Gasteiger partial charge in [0.25, 0.3) is 0 Å². The third kappa shape index (κ3) is 5.63. The third-order valence-electron chi connectivity index (χ3n) is 7.91. The fourth-order valence-electron chi connectivity index (χ4n) is 5.82. The highest BCUT2D eigenvalue weighted by Gasteiger charge is 2.56. The molecule has 4 unspecified atom stereocenters. The summed E-state index contributed by atoms with van der Waals surface area (Å²) < 4.78 is 5.65. The van der Waals surface area contributed by atoms with Crippen LogP contribution in [0.25, 0.3) is 0 Å². The van der Waals surface area contributed by atoms with Gasteiger partial charge in [0.1, 0.15) is 17.2 Å². The summed E-state index contributed by atoms with van der Waals surface area (Å²) in [5, 5.41) is 5.75. The molecule has 4 aliphatic rings. The van der Waals surface area contributed by atoms with Crippen molar-refractivity contribution in [3.63, 3.8) is 0 Å². The Morgan fingerprint density at radius 3 is 2.53 bits per heavy atom. The van der Waals surface area contributed by atoms with Crippen molar-refractivity contribution in [3.05, 3.63) is 0 Å². The molecule has 198 valence electrons. The first-order chi connectivity index (χ1) is 17.0. The summed E-state index contributed by atoms with van der Waals surface area (Å²) >= 11 is 0. The normalized spacial score (nSPS) is 28.0. The van der Waals surface area contributed by atoms with E-state index in [4.69, 9.17) is 11.2 Å². The van der Waals surface area contributed by atoms with Crippen molar-refractivity contribution in [2.45, 2.75) is 102 Å². The molecule has 4 fully saturated rings. The van der Waals surface area contributed by atoms with Crippen LogP contribution in [0.3, 0.4) is 0 Å². The van der Waals surface area contributed by atoms with Crippen LogP contribution in [-0.4, -0.2) is 76.5 Å². The first-order valence-electron chi connectivity index (χ1n) is 13.4. The molecule has 3 aliphatic heterocycles. The minimum Gasteiger partial charge on any atom is -0.444 e. The highest BCUT2D eigenvalue weighted by Crippen LogP contribution is 2.42. The molecule has 0 radical (unpaired) electrons. The Morgan fingerprint density at radius 1 is 1.17 bits per heavy atom. The second-order valence-corrected chi connectivity index (χ2v) is 11.8. The minimum atomic E-state index is -0.962. The average molecular weight is 501 g/mol. The second-order valence-electron chi connectivity index (χ2n) is 11.8. The summed E-state index contributed by atoms with van der Waals surface area (Å²) in [6, 6.07) is -1.22. The van der Waals surface area contributed by atoms with Gasteiger partial charge in [-0.3, -0.25) is 19.3 Å². The molecule has 4 atom stereocenters. The Hall–Kier alpha value is -2.76. The molecule has 9 heteroatoms. The smallest absolute Gasteiger partial charge is 0.411 e. The monoisotopic (exact) mass is 500 g/mol. The molecule has 2 N–H and O–H groups in total. The van der Waals surface area contributed by atoms with Gasteiger partial charge in [0.05, 0.1) is 6.04 Å². The van der Waals surface area contributed by atoms with Crippen LogP contribution in [0.4, 0.5) is 4.79 Å². The number of nitrogens with one attached hydrogen (secondary N) is 2. The van der Waals surface area contributed by atoms with Gasteiger partial charge < -0.3 is 20.3 Å². The Bertz CT molecular complexity index is 933. The van der Waals surface area contributed by atoms with Crippen molar-refractivity contribution in [2.75, 3.05) is 19.6 Å². The standard InChI is InChI=1S/C27H40N4O5/c1-5-20(17-19-10-13-28-22(19)32)29-23(33)21(16-18-8-9-18)30-15-12-27(24(30)34)11-6-7-14-31(27)25(35)36-26(2,3)4/h1,18-21H,6-17H2,2-4H3,(H,28,32)(H,29,33). The molecule has 1 spiro atoms. The van der Waals surface area contributed by atoms with Crippen LogP contribution in [0, 0.1) is 24.2 Å². The number of rotatable bonds is 7. The van der Waals surface area contributed by atoms with E-state index >= 15 is 0 Å². The Balaban J connectivity index is 1.50. The summed E-state index contributed by atoms with van der Waals surface area (Å²) in [5.74, 6) is 2.35. The lowest BCUT2D eigenvalue weighted by Crippen LogP contribution is -2.61. The topological polar surface area (TPSA) is 108 Å². The van der Waals surface area contributed by atoms with Gasteiger partial charge in [0.15, 0.2) is 0 Å². The second kappa shape index (κ2) is 10.3. The van der Waals surface area contributed by atoms with Crippen LogP contribution >= 0.6 is 0 Å². The maximum absolute atomic E-state index is 14.0. The molecular formula is C27H40N4O5. The summed E-state index contributed by atoms with van der Waals surface area (Å²) in [4.78, 5) is 55.9. The fourth-order valence-corrected chi connectivity index (χ4v) is 5.82. The Kier molecular flexibility index (Phi) is 7.53. The molecule has 4 rings (SSSR count). The van der Waals surface area contributed by atoms with Crippen LogP contribution < -0.4 is 10.6 Å². The number of hydrogen-bond acceptors (Lipinski definition) is 5. The zero-order valence-corrected chi connectivity index (χ0v) is 21.8. The largest absolute Gasteiger partial charge is 0.444 e. The molecular weight excluding hydrogens is 460 g/mol. The van der Waals surface area contributed by atoms with E-state index in [9.17, 15) is 19.2 Å². The third-order valence-corrected chi connectivity index (χ3v) is 7.91. The molecule has 36 heavy (non-hydrogen) atoms. The van der Waals surface area contributed by atoms with Crippen molar-refractivity contribution in [2.24, 2.45) is 11.8 Å². The van der Waals surface area contributed by atoms with Gasteiger partial charge in [-0.25, -0.2) is 4.79 Å². The SMILES string of the molecule is C#CC(CC1CCNC1=O)NC(=O)C(CC1CC1)N1CCC2(CCCCN2C(=O)OC(C)(C)C)C1=O. The highest BCUT2D eigenvalue weighted by atomic mass is 16.6. The van der Waals surface area contributed by atoms with E-state index in [0.717, 1.165) is 25.7 Å². The first-order valence-corrected chi connectivity index (χ1v) is 13.4. The first kappa shape index (κ1) is 26.3. The zero-order chi connectivity index (χ0) is 26.1. The average Bonchev–Trinajstić information content (AvgIpc) is 3.48. The van der Waals surface area contributed by atoms with Gasteiger partial charge in [0.2, 0.25) is 17.7 Å². The minimum absolute atomic E-state index is 0.0322. The van der Waals surface area contributed by atoms with E-state index in [0.29, 0.717) is 57.7 Å². The maximum atomic E-state index is 14.0. The molecule has 4 amide bonds. The van der Waals surface area contributed by atoms with Crippen LogP contribution in [0.2, 0.25) is 0 Å². The number of terminal acetylenes is 1. The van der Waals surface area contributed by atoms with Gasteiger partial charge in [-0.1, -0.05) is 18.8 Å². The summed E-state index contributed by atoms with van der Waals surface area (Å²) in [6.45, 7) is 6.95. The number of ether oxygens (including phenoxy) is 1. The van der Waals surface area contributed by atoms with E-state index in [1.54, 1.807) is 9.80 Å². The van der Waals surface area contributed by atoms with E-state index in [1.165, 1.54) is 0 Å². The van der Waals surface area contributed by atoms with Gasteiger partial charge in [-0.2, -0.15) is 0 Å². The number of nitrogens with zero attached hydrogens (tertiary/aromatic N) is 2. The number of carbonyl (C=O) groups is 4. The summed E-state index contributed by atoms with van der Waals surface area (Å²) in [5.41, 5.74) is -1.62. The van der Waals surface area contributed by atoms with Gasteiger partial charge in [0, 0.05) is 25.6 Å². The van der Waals surface area contributed by atoms with E-state index in [1.807, 2.05) is 20.8 Å². The van der Waals surface area contributed by atoms with E-state index < -0.39 is 29.3 Å². The summed E-state index contributed by atoms with van der Waals surface area (Å²) in [6.07, 6.45) is 11.7. The van der Waals surface area contributed by atoms with Crippen molar-refractivity contribution in [1.82, 2.24) is 20.4 Å². The van der Waals surface area contributed by atoms with E-state index in [2.05, 4.69) is 16.6 Å². The Labute approximate surface area is 214 Å². The Morgan fingerprint density at radius 2 is 1.92 bits per heavy atom. The zero-order valence-electron chi connectivity index (χ0n) is 21.8. The highest BCUT2D eigenvalue weighted by molar-refractivity contribution is 5.96. The summed E-state index contributed by atoms with van der Waals surface area (Å²) in [7, 11) is 0. The van der Waals surface area contributed by atoms with Gasteiger partial charge >= 0.3 is 6.09 Å².